The van der Waals surface area contributed by atoms with Crippen LogP contribution >= 0.6 is 0 Å². The Morgan fingerprint density at radius 2 is 1.40 bits per heavy atom. The van der Waals surface area contributed by atoms with Gasteiger partial charge in [0, 0.05) is 20.6 Å². The predicted molar refractivity (Wildman–Crippen MR) is 72.0 cm³/mol. The minimum atomic E-state index is -0.419. The summed E-state index contributed by atoms with van der Waals surface area (Å²) in [6, 6.07) is -0.269. The number of methoxy groups -OCH3 is 2. The van der Waals surface area contributed by atoms with E-state index in [1.165, 1.54) is 14.2 Å². The molecule has 8 heteroatoms. The highest BCUT2D eigenvalue weighted by atomic mass is 16.5. The zero-order chi connectivity index (χ0) is 15.4. The number of carbonyl (C=O) groups is 3. The first kappa shape index (κ1) is 18.3. The van der Waals surface area contributed by atoms with Crippen molar-refractivity contribution < 1.29 is 23.9 Å². The van der Waals surface area contributed by atoms with Crippen LogP contribution in [0, 0.1) is 0 Å². The second-order valence-electron chi connectivity index (χ2n) is 4.08. The molecule has 3 N–H and O–H groups in total. The number of nitrogens with one attached hydrogen (secondary N) is 3. The van der Waals surface area contributed by atoms with Crippen LogP contribution < -0.4 is 16.0 Å². The van der Waals surface area contributed by atoms with Crippen LogP contribution in [-0.2, 0) is 23.9 Å². The number of ether oxygens (including phenoxy) is 2. The summed E-state index contributed by atoms with van der Waals surface area (Å²) in [5.74, 6) is -0.985. The highest BCUT2D eigenvalue weighted by molar-refractivity contribution is 5.88. The molecule has 0 aliphatic carbocycles. The zero-order valence-corrected chi connectivity index (χ0v) is 12.2. The Bertz CT molecular complexity index is 316. The van der Waals surface area contributed by atoms with Gasteiger partial charge in [-0.25, -0.2) is 0 Å². The first-order chi connectivity index (χ1) is 9.53. The van der Waals surface area contributed by atoms with Gasteiger partial charge >= 0.3 is 0 Å². The summed E-state index contributed by atoms with van der Waals surface area (Å²) >= 11 is 0. The van der Waals surface area contributed by atoms with Gasteiger partial charge in [0.1, 0.15) is 0 Å². The number of carbonyl (C=O) groups excluding carboxylic acids is 3. The first-order valence-electron chi connectivity index (χ1n) is 6.34. The van der Waals surface area contributed by atoms with E-state index < -0.39 is 5.91 Å². The summed E-state index contributed by atoms with van der Waals surface area (Å²) in [6.07, 6.45) is 0.309. The van der Waals surface area contributed by atoms with Crippen LogP contribution in [0.15, 0.2) is 0 Å². The molecule has 0 fully saturated rings. The second-order valence-corrected chi connectivity index (χ2v) is 4.08. The van der Waals surface area contributed by atoms with Crippen molar-refractivity contribution in [1.29, 1.82) is 0 Å². The standard InChI is InChI=1S/C12H23N3O5/c1-4-10(16)13-5-11(17)14-6-12(18)15-9(7-19-2)8-20-3/h9H,4-8H2,1-3H3,(H,13,16)(H,14,17)(H,15,18). The first-order valence-corrected chi connectivity index (χ1v) is 6.34. The van der Waals surface area contributed by atoms with Crippen molar-refractivity contribution in [2.75, 3.05) is 40.5 Å². The van der Waals surface area contributed by atoms with E-state index in [-0.39, 0.29) is 30.9 Å². The molecule has 0 atom stereocenters. The van der Waals surface area contributed by atoms with E-state index in [0.29, 0.717) is 19.6 Å². The Labute approximate surface area is 118 Å². The predicted octanol–water partition coefficient (Wildman–Crippen LogP) is -1.59. The molecule has 0 radical (unpaired) electrons. The van der Waals surface area contributed by atoms with Crippen LogP contribution in [-0.4, -0.2) is 64.3 Å². The Kier molecular flexibility index (Phi) is 10.2. The molecule has 0 aromatic heterocycles. The third-order valence-corrected chi connectivity index (χ3v) is 2.31. The maximum Gasteiger partial charge on any atom is 0.239 e. The van der Waals surface area contributed by atoms with Gasteiger partial charge in [-0.15, -0.1) is 0 Å². The molecule has 20 heavy (non-hydrogen) atoms. The molecule has 0 aromatic rings. The van der Waals surface area contributed by atoms with Crippen molar-refractivity contribution in [3.05, 3.63) is 0 Å². The molecule has 8 nitrogen and oxygen atoms in total. The molecule has 0 saturated heterocycles. The van der Waals surface area contributed by atoms with Crippen LogP contribution in [0.4, 0.5) is 0 Å². The molecule has 0 aliphatic rings. The largest absolute Gasteiger partial charge is 0.382 e. The molecule has 0 saturated carbocycles. The number of hydrogen-bond acceptors (Lipinski definition) is 5. The molecule has 0 heterocycles. The maximum atomic E-state index is 11.6. The molecule has 0 unspecified atom stereocenters. The minimum absolute atomic E-state index is 0.139. The van der Waals surface area contributed by atoms with E-state index >= 15 is 0 Å². The summed E-state index contributed by atoms with van der Waals surface area (Å²) in [5.41, 5.74) is 0. The van der Waals surface area contributed by atoms with E-state index in [9.17, 15) is 14.4 Å². The lowest BCUT2D eigenvalue weighted by Gasteiger charge is -2.17. The molecule has 0 rings (SSSR count). The fraction of sp³-hybridized carbons (Fsp3) is 0.750. The van der Waals surface area contributed by atoms with E-state index in [1.807, 2.05) is 0 Å². The van der Waals surface area contributed by atoms with Crippen LogP contribution in [0.3, 0.4) is 0 Å². The van der Waals surface area contributed by atoms with Crippen LogP contribution in [0.2, 0.25) is 0 Å². The van der Waals surface area contributed by atoms with Gasteiger partial charge < -0.3 is 25.4 Å². The minimum Gasteiger partial charge on any atom is -0.382 e. The van der Waals surface area contributed by atoms with Crippen molar-refractivity contribution in [2.45, 2.75) is 19.4 Å². The molecule has 0 bridgehead atoms. The summed E-state index contributed by atoms with van der Waals surface area (Å²) in [5, 5.41) is 7.48. The smallest absolute Gasteiger partial charge is 0.239 e. The quantitative estimate of drug-likeness (QED) is 0.449. The lowest BCUT2D eigenvalue weighted by atomic mass is 10.3. The Balaban J connectivity index is 3.90. The topological polar surface area (TPSA) is 106 Å². The van der Waals surface area contributed by atoms with Gasteiger partial charge in [-0.2, -0.15) is 0 Å². The molecule has 116 valence electrons. The fourth-order valence-electron chi connectivity index (χ4n) is 1.36. The van der Waals surface area contributed by atoms with E-state index in [0.717, 1.165) is 0 Å². The number of hydrogen-bond donors (Lipinski definition) is 3. The van der Waals surface area contributed by atoms with Crippen molar-refractivity contribution in [3.8, 4) is 0 Å². The van der Waals surface area contributed by atoms with Crippen LogP contribution in [0.25, 0.3) is 0 Å². The van der Waals surface area contributed by atoms with Gasteiger partial charge in [0.25, 0.3) is 0 Å². The molecular formula is C12H23N3O5. The number of amides is 3. The molecular weight excluding hydrogens is 266 g/mol. The Morgan fingerprint density at radius 3 is 1.90 bits per heavy atom. The van der Waals surface area contributed by atoms with Gasteiger partial charge in [-0.05, 0) is 0 Å². The zero-order valence-electron chi connectivity index (χ0n) is 12.2. The maximum absolute atomic E-state index is 11.6. The summed E-state index contributed by atoms with van der Waals surface area (Å²) in [6.45, 7) is 2.02. The average Bonchev–Trinajstić information content (AvgIpc) is 2.43. The lowest BCUT2D eigenvalue weighted by molar-refractivity contribution is -0.128. The van der Waals surface area contributed by atoms with Crippen molar-refractivity contribution in [1.82, 2.24) is 16.0 Å². The SMILES string of the molecule is CCC(=O)NCC(=O)NCC(=O)NC(COC)COC. The van der Waals surface area contributed by atoms with Crippen LogP contribution in [0.5, 0.6) is 0 Å². The van der Waals surface area contributed by atoms with Crippen molar-refractivity contribution in [3.63, 3.8) is 0 Å². The van der Waals surface area contributed by atoms with Crippen LogP contribution in [0.1, 0.15) is 13.3 Å². The van der Waals surface area contributed by atoms with Gasteiger partial charge in [0.05, 0.1) is 32.3 Å². The summed E-state index contributed by atoms with van der Waals surface area (Å²) in [4.78, 5) is 33.9. The Hall–Kier alpha value is -1.67. The molecule has 0 spiro atoms. The number of rotatable bonds is 10. The van der Waals surface area contributed by atoms with E-state index in [1.54, 1.807) is 6.92 Å². The second kappa shape index (κ2) is 11.2. The normalized spacial score (nSPS) is 10.2. The van der Waals surface area contributed by atoms with Crippen molar-refractivity contribution in [2.24, 2.45) is 0 Å². The molecule has 0 aliphatic heterocycles. The van der Waals surface area contributed by atoms with Gasteiger partial charge in [0.2, 0.25) is 17.7 Å². The van der Waals surface area contributed by atoms with E-state index in [4.69, 9.17) is 9.47 Å². The summed E-state index contributed by atoms with van der Waals surface area (Å²) < 4.78 is 9.86. The third kappa shape index (κ3) is 9.29. The van der Waals surface area contributed by atoms with Gasteiger partial charge in [-0.3, -0.25) is 14.4 Å². The highest BCUT2D eigenvalue weighted by Gasteiger charge is 2.12. The average molecular weight is 289 g/mol. The van der Waals surface area contributed by atoms with Gasteiger partial charge in [0.15, 0.2) is 0 Å². The van der Waals surface area contributed by atoms with E-state index in [2.05, 4.69) is 16.0 Å². The lowest BCUT2D eigenvalue weighted by Crippen LogP contribution is -2.47. The fourth-order valence-corrected chi connectivity index (χ4v) is 1.36. The molecule has 3 amide bonds. The monoisotopic (exact) mass is 289 g/mol. The third-order valence-electron chi connectivity index (χ3n) is 2.31. The van der Waals surface area contributed by atoms with Gasteiger partial charge in [-0.1, -0.05) is 6.92 Å². The Morgan fingerprint density at radius 1 is 0.900 bits per heavy atom. The highest BCUT2D eigenvalue weighted by Crippen LogP contribution is 1.86. The van der Waals surface area contributed by atoms with Crippen molar-refractivity contribution >= 4 is 17.7 Å². The summed E-state index contributed by atoms with van der Waals surface area (Å²) in [7, 11) is 3.04. The molecule has 0 aromatic carbocycles.